The zero-order valence-corrected chi connectivity index (χ0v) is 13.6. The largest absolute Gasteiger partial charge is 0.369 e. The zero-order chi connectivity index (χ0) is 16.2. The third-order valence-electron chi connectivity index (χ3n) is 4.43. The second-order valence-electron chi connectivity index (χ2n) is 6.48. The van der Waals surface area contributed by atoms with Crippen LogP contribution in [-0.4, -0.2) is 15.9 Å². The van der Waals surface area contributed by atoms with Crippen LogP contribution in [0.4, 0.5) is 0 Å². The molecule has 0 saturated heterocycles. The van der Waals surface area contributed by atoms with E-state index in [0.717, 1.165) is 29.2 Å². The van der Waals surface area contributed by atoms with Gasteiger partial charge in [0.25, 0.3) is 0 Å². The SMILES string of the molecule is Cc1cc(Cc2ccc(CC(N)=O)cc2)nc(C2CCCC2)n1. The first kappa shape index (κ1) is 15.7. The van der Waals surface area contributed by atoms with E-state index in [2.05, 4.69) is 11.1 Å². The molecule has 4 nitrogen and oxygen atoms in total. The number of nitrogens with two attached hydrogens (primary N) is 1. The summed E-state index contributed by atoms with van der Waals surface area (Å²) in [6.45, 7) is 2.04. The van der Waals surface area contributed by atoms with Gasteiger partial charge in [-0.15, -0.1) is 0 Å². The average molecular weight is 309 g/mol. The summed E-state index contributed by atoms with van der Waals surface area (Å²) >= 11 is 0. The number of amides is 1. The lowest BCUT2D eigenvalue weighted by atomic mass is 10.0. The maximum Gasteiger partial charge on any atom is 0.221 e. The van der Waals surface area contributed by atoms with Crippen molar-refractivity contribution in [2.75, 3.05) is 0 Å². The van der Waals surface area contributed by atoms with Crippen LogP contribution >= 0.6 is 0 Å². The topological polar surface area (TPSA) is 68.9 Å². The number of aryl methyl sites for hydroxylation is 1. The van der Waals surface area contributed by atoms with Crippen LogP contribution in [0.2, 0.25) is 0 Å². The number of hydrogen-bond acceptors (Lipinski definition) is 3. The maximum atomic E-state index is 11.0. The first-order valence-electron chi connectivity index (χ1n) is 8.31. The number of aromatic nitrogens is 2. The highest BCUT2D eigenvalue weighted by atomic mass is 16.1. The second-order valence-corrected chi connectivity index (χ2v) is 6.48. The summed E-state index contributed by atoms with van der Waals surface area (Å²) in [4.78, 5) is 20.4. The molecule has 0 spiro atoms. The molecule has 1 aromatic carbocycles. The molecule has 23 heavy (non-hydrogen) atoms. The summed E-state index contributed by atoms with van der Waals surface area (Å²) in [5.74, 6) is 1.25. The minimum Gasteiger partial charge on any atom is -0.369 e. The molecule has 1 aliphatic rings. The molecule has 120 valence electrons. The Balaban J connectivity index is 1.75. The summed E-state index contributed by atoms with van der Waals surface area (Å²) in [5.41, 5.74) is 9.48. The molecule has 4 heteroatoms. The van der Waals surface area contributed by atoms with Crippen molar-refractivity contribution in [1.82, 2.24) is 9.97 Å². The molecule has 2 aromatic rings. The van der Waals surface area contributed by atoms with Crippen molar-refractivity contribution in [3.05, 3.63) is 58.7 Å². The van der Waals surface area contributed by atoms with E-state index in [9.17, 15) is 4.79 Å². The van der Waals surface area contributed by atoms with Gasteiger partial charge in [0.1, 0.15) is 5.82 Å². The Labute approximate surface area is 137 Å². The van der Waals surface area contributed by atoms with E-state index in [4.69, 9.17) is 10.7 Å². The zero-order valence-electron chi connectivity index (χ0n) is 13.6. The van der Waals surface area contributed by atoms with Crippen molar-refractivity contribution in [1.29, 1.82) is 0 Å². The van der Waals surface area contributed by atoms with Crippen LogP contribution in [0.25, 0.3) is 0 Å². The van der Waals surface area contributed by atoms with Gasteiger partial charge < -0.3 is 5.73 Å². The molecule has 1 amide bonds. The Kier molecular flexibility index (Phi) is 4.70. The molecule has 2 N–H and O–H groups in total. The van der Waals surface area contributed by atoms with Crippen LogP contribution < -0.4 is 5.73 Å². The second kappa shape index (κ2) is 6.90. The third-order valence-corrected chi connectivity index (χ3v) is 4.43. The van der Waals surface area contributed by atoms with E-state index < -0.39 is 0 Å². The normalized spacial score (nSPS) is 15.0. The monoisotopic (exact) mass is 309 g/mol. The number of hydrogen-bond donors (Lipinski definition) is 1. The number of rotatable bonds is 5. The lowest BCUT2D eigenvalue weighted by molar-refractivity contribution is -0.117. The van der Waals surface area contributed by atoms with E-state index >= 15 is 0 Å². The van der Waals surface area contributed by atoms with Gasteiger partial charge >= 0.3 is 0 Å². The van der Waals surface area contributed by atoms with E-state index in [1.165, 1.54) is 31.2 Å². The van der Waals surface area contributed by atoms with Crippen LogP contribution in [0.1, 0.15) is 59.9 Å². The van der Waals surface area contributed by atoms with Crippen molar-refractivity contribution in [3.8, 4) is 0 Å². The minimum atomic E-state index is -0.301. The minimum absolute atomic E-state index is 0.290. The van der Waals surface area contributed by atoms with Crippen molar-refractivity contribution in [3.63, 3.8) is 0 Å². The molecular weight excluding hydrogens is 286 g/mol. The molecule has 0 atom stereocenters. The van der Waals surface area contributed by atoms with Crippen LogP contribution in [0.15, 0.2) is 30.3 Å². The van der Waals surface area contributed by atoms with Gasteiger partial charge in [-0.2, -0.15) is 0 Å². The first-order valence-corrected chi connectivity index (χ1v) is 8.31. The number of carbonyl (C=O) groups excluding carboxylic acids is 1. The molecule has 0 radical (unpaired) electrons. The molecule has 3 rings (SSSR count). The summed E-state index contributed by atoms with van der Waals surface area (Å²) in [6.07, 6.45) is 6.09. The predicted octanol–water partition coefficient (Wildman–Crippen LogP) is 3.06. The molecule has 0 unspecified atom stereocenters. The summed E-state index contributed by atoms with van der Waals surface area (Å²) in [5, 5.41) is 0. The van der Waals surface area contributed by atoms with Crippen LogP contribution in [0.5, 0.6) is 0 Å². The van der Waals surface area contributed by atoms with Gasteiger partial charge in [0.2, 0.25) is 5.91 Å². The number of carbonyl (C=O) groups is 1. The molecule has 1 heterocycles. The first-order chi connectivity index (χ1) is 11.1. The van der Waals surface area contributed by atoms with Gasteiger partial charge in [-0.05, 0) is 37.0 Å². The van der Waals surface area contributed by atoms with E-state index in [1.54, 1.807) is 0 Å². The van der Waals surface area contributed by atoms with E-state index in [0.29, 0.717) is 12.3 Å². The molecule has 1 fully saturated rings. The van der Waals surface area contributed by atoms with Gasteiger partial charge in [-0.25, -0.2) is 9.97 Å². The molecule has 1 aromatic heterocycles. The fraction of sp³-hybridized carbons (Fsp3) is 0.421. The third kappa shape index (κ3) is 4.15. The Morgan fingerprint density at radius 2 is 1.78 bits per heavy atom. The van der Waals surface area contributed by atoms with Crippen molar-refractivity contribution in [2.24, 2.45) is 5.73 Å². The lowest BCUT2D eigenvalue weighted by Gasteiger charge is -2.11. The highest BCUT2D eigenvalue weighted by Gasteiger charge is 2.20. The quantitative estimate of drug-likeness (QED) is 0.923. The number of benzene rings is 1. The summed E-state index contributed by atoms with van der Waals surface area (Å²) in [6, 6.07) is 10.1. The van der Waals surface area contributed by atoms with E-state index in [1.807, 2.05) is 31.2 Å². The van der Waals surface area contributed by atoms with Crippen molar-refractivity contribution in [2.45, 2.75) is 51.4 Å². The summed E-state index contributed by atoms with van der Waals surface area (Å²) < 4.78 is 0. The fourth-order valence-corrected chi connectivity index (χ4v) is 3.30. The van der Waals surface area contributed by atoms with Crippen LogP contribution in [0, 0.1) is 6.92 Å². The van der Waals surface area contributed by atoms with Gasteiger partial charge in [0.15, 0.2) is 0 Å². The fourth-order valence-electron chi connectivity index (χ4n) is 3.30. The van der Waals surface area contributed by atoms with Gasteiger partial charge in [-0.3, -0.25) is 4.79 Å². The predicted molar refractivity (Wildman–Crippen MR) is 90.1 cm³/mol. The van der Waals surface area contributed by atoms with Crippen LogP contribution in [0.3, 0.4) is 0 Å². The molecular formula is C19H23N3O. The Bertz CT molecular complexity index is 688. The average Bonchev–Trinajstić information content (AvgIpc) is 3.02. The maximum absolute atomic E-state index is 11.0. The van der Waals surface area contributed by atoms with Crippen LogP contribution in [-0.2, 0) is 17.6 Å². The highest BCUT2D eigenvalue weighted by Crippen LogP contribution is 2.32. The molecule has 0 aliphatic heterocycles. The molecule has 0 bridgehead atoms. The van der Waals surface area contributed by atoms with Crippen molar-refractivity contribution < 1.29 is 4.79 Å². The smallest absolute Gasteiger partial charge is 0.221 e. The number of primary amides is 1. The van der Waals surface area contributed by atoms with Gasteiger partial charge in [0.05, 0.1) is 6.42 Å². The van der Waals surface area contributed by atoms with E-state index in [-0.39, 0.29) is 5.91 Å². The van der Waals surface area contributed by atoms with Gasteiger partial charge in [0, 0.05) is 23.7 Å². The molecule has 1 saturated carbocycles. The molecule has 1 aliphatic carbocycles. The standard InChI is InChI=1S/C19H23N3O/c1-13-10-17(22-19(21-13)16-4-2-3-5-16)11-14-6-8-15(9-7-14)12-18(20)23/h6-10,16H,2-5,11-12H2,1H3,(H2,20,23). The summed E-state index contributed by atoms with van der Waals surface area (Å²) in [7, 11) is 0. The Morgan fingerprint density at radius 3 is 2.43 bits per heavy atom. The van der Waals surface area contributed by atoms with Gasteiger partial charge in [-0.1, -0.05) is 37.1 Å². The van der Waals surface area contributed by atoms with Crippen molar-refractivity contribution >= 4 is 5.91 Å². The Morgan fingerprint density at radius 1 is 1.13 bits per heavy atom. The Hall–Kier alpha value is -2.23. The lowest BCUT2D eigenvalue weighted by Crippen LogP contribution is -2.13. The highest BCUT2D eigenvalue weighted by molar-refractivity contribution is 5.76. The number of nitrogens with zero attached hydrogens (tertiary/aromatic N) is 2.